The van der Waals surface area contributed by atoms with Crippen LogP contribution in [0.3, 0.4) is 0 Å². The highest BCUT2D eigenvalue weighted by Gasteiger charge is 2.30. The van der Waals surface area contributed by atoms with Crippen molar-refractivity contribution in [2.75, 3.05) is 0 Å². The van der Waals surface area contributed by atoms with Gasteiger partial charge < -0.3 is 5.11 Å². The van der Waals surface area contributed by atoms with Crippen LogP contribution in [-0.2, 0) is 11.0 Å². The minimum Gasteiger partial charge on any atom is -0.478 e. The number of carbonyl (C=O) groups is 1. The predicted octanol–water partition coefficient (Wildman–Crippen LogP) is 4.79. The molecular formula is C19H11F4NO2. The van der Waals surface area contributed by atoms with Crippen LogP contribution < -0.4 is 0 Å². The summed E-state index contributed by atoms with van der Waals surface area (Å²) >= 11 is 0. The number of benzene rings is 2. The monoisotopic (exact) mass is 361 g/mol. The summed E-state index contributed by atoms with van der Waals surface area (Å²) in [5.74, 6) is -1.94. The van der Waals surface area contributed by atoms with Crippen molar-refractivity contribution in [2.24, 2.45) is 0 Å². The molecule has 3 nitrogen and oxygen atoms in total. The molecule has 7 heteroatoms. The average molecular weight is 361 g/mol. The fourth-order valence-electron chi connectivity index (χ4n) is 2.20. The number of allylic oxidation sites excluding steroid dienone is 2. The average Bonchev–Trinajstić information content (AvgIpc) is 2.59. The molecule has 0 aliphatic rings. The first-order chi connectivity index (χ1) is 12.2. The second kappa shape index (κ2) is 7.66. The number of nitrogens with zero attached hydrogens (tertiary/aromatic N) is 1. The zero-order chi connectivity index (χ0) is 19.3. The molecule has 2 rings (SSSR count). The van der Waals surface area contributed by atoms with Gasteiger partial charge in [-0.3, -0.25) is 0 Å². The lowest BCUT2D eigenvalue weighted by Crippen LogP contribution is -2.04. The maximum atomic E-state index is 13.5. The first-order valence-corrected chi connectivity index (χ1v) is 7.21. The molecule has 1 N–H and O–H groups in total. The fourth-order valence-corrected chi connectivity index (χ4v) is 2.20. The number of halogens is 4. The van der Waals surface area contributed by atoms with Gasteiger partial charge in [-0.05, 0) is 41.0 Å². The van der Waals surface area contributed by atoms with Crippen molar-refractivity contribution in [3.63, 3.8) is 0 Å². The van der Waals surface area contributed by atoms with E-state index in [1.807, 2.05) is 0 Å². The Kier molecular flexibility index (Phi) is 5.58. The third-order valence-electron chi connectivity index (χ3n) is 3.42. The van der Waals surface area contributed by atoms with Crippen LogP contribution in [0.15, 0.2) is 60.7 Å². The Bertz CT molecular complexity index is 920. The van der Waals surface area contributed by atoms with Gasteiger partial charge in [-0.15, -0.1) is 0 Å². The van der Waals surface area contributed by atoms with Crippen molar-refractivity contribution in [1.82, 2.24) is 0 Å². The van der Waals surface area contributed by atoms with E-state index in [4.69, 9.17) is 10.4 Å². The van der Waals surface area contributed by atoms with Crippen LogP contribution in [0.5, 0.6) is 0 Å². The quantitative estimate of drug-likeness (QED) is 0.484. The molecule has 0 fully saturated rings. The van der Waals surface area contributed by atoms with E-state index in [2.05, 4.69) is 0 Å². The van der Waals surface area contributed by atoms with E-state index < -0.39 is 23.5 Å². The minimum absolute atomic E-state index is 0.234. The van der Waals surface area contributed by atoms with Crippen LogP contribution in [-0.4, -0.2) is 11.1 Å². The molecule has 0 saturated carbocycles. The summed E-state index contributed by atoms with van der Waals surface area (Å²) in [7, 11) is 0. The molecule has 0 aromatic heterocycles. The van der Waals surface area contributed by atoms with E-state index in [0.29, 0.717) is 16.7 Å². The molecule has 0 aliphatic carbocycles. The van der Waals surface area contributed by atoms with Crippen LogP contribution in [0.4, 0.5) is 17.6 Å². The Morgan fingerprint density at radius 2 is 1.69 bits per heavy atom. The topological polar surface area (TPSA) is 61.1 Å². The number of carboxylic acid groups (broad SMARTS) is 1. The van der Waals surface area contributed by atoms with Gasteiger partial charge in [0.25, 0.3) is 0 Å². The van der Waals surface area contributed by atoms with Crippen LogP contribution in [0, 0.1) is 17.1 Å². The molecule has 0 radical (unpaired) electrons. The third-order valence-corrected chi connectivity index (χ3v) is 3.42. The Balaban J connectivity index is 2.55. The molecule has 26 heavy (non-hydrogen) atoms. The number of aliphatic carboxylic acids is 1. The lowest BCUT2D eigenvalue weighted by atomic mass is 9.95. The maximum absolute atomic E-state index is 13.5. The second-order valence-electron chi connectivity index (χ2n) is 5.16. The molecular weight excluding hydrogens is 350 g/mol. The summed E-state index contributed by atoms with van der Waals surface area (Å²) in [5, 5.41) is 17.6. The summed E-state index contributed by atoms with van der Waals surface area (Å²) in [6.45, 7) is 0. The number of alkyl halides is 3. The summed E-state index contributed by atoms with van der Waals surface area (Å²) in [4.78, 5) is 10.6. The highest BCUT2D eigenvalue weighted by Crippen LogP contribution is 2.31. The van der Waals surface area contributed by atoms with Gasteiger partial charge in [-0.25, -0.2) is 9.18 Å². The second-order valence-corrected chi connectivity index (χ2v) is 5.16. The van der Waals surface area contributed by atoms with Crippen molar-refractivity contribution >= 4 is 11.5 Å². The summed E-state index contributed by atoms with van der Waals surface area (Å²) in [5.41, 5.74) is -0.0185. The van der Waals surface area contributed by atoms with Gasteiger partial charge in [0.05, 0.1) is 11.1 Å². The Hall–Kier alpha value is -3.40. The normalized spacial score (nSPS) is 12.2. The molecule has 0 saturated heterocycles. The SMILES string of the molecule is N#Cc1cc(/C(=C\C=C\C(=O)O)c2ccc(C(F)(F)F)cc2)ccc1F. The fraction of sp³-hybridized carbons (Fsp3) is 0.0526. The summed E-state index contributed by atoms with van der Waals surface area (Å²) in [6, 6.07) is 9.56. The van der Waals surface area contributed by atoms with Crippen LogP contribution in [0.1, 0.15) is 22.3 Å². The molecule has 2 aromatic carbocycles. The number of nitriles is 1. The van der Waals surface area contributed by atoms with Gasteiger partial charge in [0, 0.05) is 6.08 Å². The number of carboxylic acids is 1. The van der Waals surface area contributed by atoms with E-state index in [-0.39, 0.29) is 5.56 Å². The van der Waals surface area contributed by atoms with Crippen molar-refractivity contribution in [3.05, 3.63) is 88.8 Å². The summed E-state index contributed by atoms with van der Waals surface area (Å²) < 4.78 is 51.6. The Labute approximate surface area is 146 Å². The lowest BCUT2D eigenvalue weighted by molar-refractivity contribution is -0.137. The van der Waals surface area contributed by atoms with Crippen molar-refractivity contribution in [3.8, 4) is 6.07 Å². The maximum Gasteiger partial charge on any atom is 0.416 e. The molecule has 0 heterocycles. The number of hydrogen-bond donors (Lipinski definition) is 1. The highest BCUT2D eigenvalue weighted by atomic mass is 19.4. The standard InChI is InChI=1S/C19H11F4NO2/c20-17-9-6-13(10-14(17)11-24)16(2-1-3-18(25)26)12-4-7-15(8-5-12)19(21,22)23/h1-10H,(H,25,26)/b3-1+,16-2-. The first-order valence-electron chi connectivity index (χ1n) is 7.21. The van der Waals surface area contributed by atoms with Gasteiger partial charge in [-0.2, -0.15) is 18.4 Å². The van der Waals surface area contributed by atoms with Gasteiger partial charge in [0.2, 0.25) is 0 Å². The summed E-state index contributed by atoms with van der Waals surface area (Å²) in [6.07, 6.45) is -1.08. The molecule has 0 amide bonds. The molecule has 2 aromatic rings. The number of rotatable bonds is 4. The molecule has 0 aliphatic heterocycles. The van der Waals surface area contributed by atoms with Crippen LogP contribution in [0.25, 0.3) is 5.57 Å². The van der Waals surface area contributed by atoms with Crippen molar-refractivity contribution in [2.45, 2.75) is 6.18 Å². The van der Waals surface area contributed by atoms with Crippen LogP contribution >= 0.6 is 0 Å². The lowest BCUT2D eigenvalue weighted by Gasteiger charge is -2.11. The molecule has 0 bridgehead atoms. The predicted molar refractivity (Wildman–Crippen MR) is 86.4 cm³/mol. The van der Waals surface area contributed by atoms with E-state index >= 15 is 0 Å². The number of hydrogen-bond acceptors (Lipinski definition) is 2. The first kappa shape index (κ1) is 18.9. The van der Waals surface area contributed by atoms with Gasteiger partial charge in [0.1, 0.15) is 11.9 Å². The zero-order valence-electron chi connectivity index (χ0n) is 13.1. The van der Waals surface area contributed by atoms with E-state index in [9.17, 15) is 22.4 Å². The van der Waals surface area contributed by atoms with E-state index in [1.165, 1.54) is 36.4 Å². The van der Waals surface area contributed by atoms with Crippen molar-refractivity contribution in [1.29, 1.82) is 5.26 Å². The minimum atomic E-state index is -4.49. The Morgan fingerprint density at radius 1 is 1.08 bits per heavy atom. The smallest absolute Gasteiger partial charge is 0.416 e. The van der Waals surface area contributed by atoms with E-state index in [0.717, 1.165) is 24.3 Å². The Morgan fingerprint density at radius 3 is 2.23 bits per heavy atom. The highest BCUT2D eigenvalue weighted by molar-refractivity contribution is 5.84. The zero-order valence-corrected chi connectivity index (χ0v) is 13.1. The van der Waals surface area contributed by atoms with E-state index in [1.54, 1.807) is 6.07 Å². The van der Waals surface area contributed by atoms with Gasteiger partial charge in [-0.1, -0.05) is 30.4 Å². The molecule has 0 atom stereocenters. The van der Waals surface area contributed by atoms with Crippen LogP contribution in [0.2, 0.25) is 0 Å². The third kappa shape index (κ3) is 4.57. The molecule has 0 spiro atoms. The van der Waals surface area contributed by atoms with Gasteiger partial charge in [0.15, 0.2) is 0 Å². The van der Waals surface area contributed by atoms with Gasteiger partial charge >= 0.3 is 12.1 Å². The largest absolute Gasteiger partial charge is 0.478 e. The molecule has 0 unspecified atom stereocenters. The van der Waals surface area contributed by atoms with Crippen molar-refractivity contribution < 1.29 is 27.5 Å². The molecule has 132 valence electrons.